The third kappa shape index (κ3) is 2.54. The number of aryl methyl sites for hydroxylation is 1. The minimum absolute atomic E-state index is 0.207. The van der Waals surface area contributed by atoms with Gasteiger partial charge in [0, 0.05) is 18.3 Å². The molecule has 1 atom stereocenters. The van der Waals surface area contributed by atoms with Crippen LogP contribution in [0.25, 0.3) is 11.4 Å². The second kappa shape index (κ2) is 4.97. The molecule has 3 N–H and O–H groups in total. The number of benzene rings is 1. The van der Waals surface area contributed by atoms with E-state index < -0.39 is 6.04 Å². The molecule has 18 heavy (non-hydrogen) atoms. The summed E-state index contributed by atoms with van der Waals surface area (Å²) < 4.78 is 1.83. The molecule has 0 aliphatic rings. The summed E-state index contributed by atoms with van der Waals surface area (Å²) in [6.45, 7) is 1.64. The number of aromatic nitrogens is 3. The van der Waals surface area contributed by atoms with E-state index in [9.17, 15) is 4.79 Å². The highest BCUT2D eigenvalue weighted by atomic mass is 16.2. The largest absolute Gasteiger partial charge is 0.325 e. The lowest BCUT2D eigenvalue weighted by Crippen LogP contribution is -2.32. The minimum Gasteiger partial charge on any atom is -0.325 e. The Balaban J connectivity index is 2.16. The van der Waals surface area contributed by atoms with Gasteiger partial charge in [-0.15, -0.1) is 10.2 Å². The van der Waals surface area contributed by atoms with Crippen LogP contribution in [0.2, 0.25) is 0 Å². The monoisotopic (exact) mass is 245 g/mol. The van der Waals surface area contributed by atoms with Gasteiger partial charge in [-0.2, -0.15) is 0 Å². The van der Waals surface area contributed by atoms with Crippen LogP contribution in [0.3, 0.4) is 0 Å². The number of rotatable bonds is 3. The lowest BCUT2D eigenvalue weighted by molar-refractivity contribution is -0.117. The maximum absolute atomic E-state index is 11.4. The smallest absolute Gasteiger partial charge is 0.240 e. The Bertz CT molecular complexity index is 544. The summed E-state index contributed by atoms with van der Waals surface area (Å²) in [5, 5.41) is 10.6. The van der Waals surface area contributed by atoms with Crippen LogP contribution in [-0.4, -0.2) is 26.7 Å². The maximum Gasteiger partial charge on any atom is 0.240 e. The zero-order valence-corrected chi connectivity index (χ0v) is 10.3. The Labute approximate surface area is 105 Å². The molecule has 1 aromatic heterocycles. The molecule has 0 aliphatic heterocycles. The third-order valence-corrected chi connectivity index (χ3v) is 2.54. The zero-order valence-electron chi connectivity index (χ0n) is 10.3. The highest BCUT2D eigenvalue weighted by Gasteiger charge is 2.08. The first kappa shape index (κ1) is 12.3. The Morgan fingerprint density at radius 3 is 2.56 bits per heavy atom. The van der Waals surface area contributed by atoms with E-state index in [0.29, 0.717) is 5.69 Å². The Hall–Kier alpha value is -2.21. The molecule has 0 spiro atoms. The summed E-state index contributed by atoms with van der Waals surface area (Å²) in [7, 11) is 1.88. The fraction of sp³-hybridized carbons (Fsp3) is 0.250. The van der Waals surface area contributed by atoms with Gasteiger partial charge in [-0.25, -0.2) is 0 Å². The van der Waals surface area contributed by atoms with Gasteiger partial charge in [-0.3, -0.25) is 4.79 Å². The minimum atomic E-state index is -0.525. The molecular formula is C12H15N5O. The molecule has 0 bridgehead atoms. The van der Waals surface area contributed by atoms with Crippen molar-refractivity contribution in [2.75, 3.05) is 5.32 Å². The number of anilines is 1. The SMILES string of the molecule is C[C@H](N)C(=O)Nc1ccc(-c2nncn2C)cc1. The number of nitrogens with one attached hydrogen (secondary N) is 1. The van der Waals surface area contributed by atoms with Crippen molar-refractivity contribution in [1.82, 2.24) is 14.8 Å². The highest BCUT2D eigenvalue weighted by Crippen LogP contribution is 2.18. The van der Waals surface area contributed by atoms with E-state index >= 15 is 0 Å². The van der Waals surface area contributed by atoms with Crippen molar-refractivity contribution in [3.8, 4) is 11.4 Å². The normalized spacial score (nSPS) is 12.2. The quantitative estimate of drug-likeness (QED) is 0.836. The number of hydrogen-bond donors (Lipinski definition) is 2. The van der Waals surface area contributed by atoms with E-state index in [1.54, 1.807) is 13.3 Å². The predicted octanol–water partition coefficient (Wildman–Crippen LogP) is 0.768. The van der Waals surface area contributed by atoms with Crippen LogP contribution >= 0.6 is 0 Å². The first-order valence-electron chi connectivity index (χ1n) is 5.59. The van der Waals surface area contributed by atoms with E-state index in [-0.39, 0.29) is 5.91 Å². The molecule has 6 heteroatoms. The molecule has 1 aromatic carbocycles. The summed E-state index contributed by atoms with van der Waals surface area (Å²) in [4.78, 5) is 11.4. The number of nitrogens with zero attached hydrogens (tertiary/aromatic N) is 3. The van der Waals surface area contributed by atoms with Crippen molar-refractivity contribution in [1.29, 1.82) is 0 Å². The van der Waals surface area contributed by atoms with Crippen LogP contribution in [-0.2, 0) is 11.8 Å². The molecular weight excluding hydrogens is 230 g/mol. The molecule has 1 heterocycles. The first-order chi connectivity index (χ1) is 8.58. The van der Waals surface area contributed by atoms with Crippen molar-refractivity contribution >= 4 is 11.6 Å². The number of amides is 1. The predicted molar refractivity (Wildman–Crippen MR) is 68.7 cm³/mol. The summed E-state index contributed by atoms with van der Waals surface area (Å²) >= 11 is 0. The van der Waals surface area contributed by atoms with Gasteiger partial charge in [-0.1, -0.05) is 0 Å². The van der Waals surface area contributed by atoms with Gasteiger partial charge in [0.25, 0.3) is 0 Å². The highest BCUT2D eigenvalue weighted by molar-refractivity contribution is 5.94. The van der Waals surface area contributed by atoms with Crippen LogP contribution in [0.5, 0.6) is 0 Å². The molecule has 1 amide bonds. The van der Waals surface area contributed by atoms with Gasteiger partial charge in [0.05, 0.1) is 6.04 Å². The Morgan fingerprint density at radius 2 is 2.06 bits per heavy atom. The summed E-state index contributed by atoms with van der Waals surface area (Å²) in [6, 6.07) is 6.85. The molecule has 0 saturated heterocycles. The van der Waals surface area contributed by atoms with Gasteiger partial charge in [0.2, 0.25) is 5.91 Å². The molecule has 2 aromatic rings. The third-order valence-electron chi connectivity index (χ3n) is 2.54. The van der Waals surface area contributed by atoms with Crippen LogP contribution in [0.1, 0.15) is 6.92 Å². The van der Waals surface area contributed by atoms with Crippen LogP contribution in [0.4, 0.5) is 5.69 Å². The lowest BCUT2D eigenvalue weighted by Gasteiger charge is -2.08. The van der Waals surface area contributed by atoms with E-state index in [1.165, 1.54) is 0 Å². The number of hydrogen-bond acceptors (Lipinski definition) is 4. The average molecular weight is 245 g/mol. The van der Waals surface area contributed by atoms with E-state index in [2.05, 4.69) is 15.5 Å². The van der Waals surface area contributed by atoms with Crippen molar-refractivity contribution in [2.24, 2.45) is 12.8 Å². The fourth-order valence-electron chi connectivity index (χ4n) is 1.50. The van der Waals surface area contributed by atoms with Gasteiger partial charge in [0.1, 0.15) is 6.33 Å². The van der Waals surface area contributed by atoms with Gasteiger partial charge in [-0.05, 0) is 31.2 Å². The topological polar surface area (TPSA) is 85.8 Å². The molecule has 2 rings (SSSR count). The fourth-order valence-corrected chi connectivity index (χ4v) is 1.50. The van der Waals surface area contributed by atoms with E-state index in [4.69, 9.17) is 5.73 Å². The van der Waals surface area contributed by atoms with Gasteiger partial charge < -0.3 is 15.6 Å². The maximum atomic E-state index is 11.4. The van der Waals surface area contributed by atoms with Gasteiger partial charge in [0.15, 0.2) is 5.82 Å². The molecule has 0 fully saturated rings. The second-order valence-corrected chi connectivity index (χ2v) is 4.12. The summed E-state index contributed by atoms with van der Waals surface area (Å²) in [6.07, 6.45) is 1.64. The van der Waals surface area contributed by atoms with Crippen molar-refractivity contribution in [3.63, 3.8) is 0 Å². The zero-order chi connectivity index (χ0) is 13.1. The molecule has 0 aliphatic carbocycles. The van der Waals surface area contributed by atoms with Crippen molar-refractivity contribution in [3.05, 3.63) is 30.6 Å². The molecule has 0 radical (unpaired) electrons. The lowest BCUT2D eigenvalue weighted by atomic mass is 10.2. The van der Waals surface area contributed by atoms with Crippen molar-refractivity contribution in [2.45, 2.75) is 13.0 Å². The summed E-state index contributed by atoms with van der Waals surface area (Å²) in [5.41, 5.74) is 7.13. The van der Waals surface area contributed by atoms with Crippen LogP contribution in [0.15, 0.2) is 30.6 Å². The molecule has 94 valence electrons. The Kier molecular flexibility index (Phi) is 3.38. The van der Waals surface area contributed by atoms with Crippen LogP contribution < -0.4 is 11.1 Å². The molecule has 6 nitrogen and oxygen atoms in total. The first-order valence-corrected chi connectivity index (χ1v) is 5.59. The Morgan fingerprint density at radius 1 is 1.39 bits per heavy atom. The second-order valence-electron chi connectivity index (χ2n) is 4.12. The molecule has 0 saturated carbocycles. The van der Waals surface area contributed by atoms with E-state index in [1.807, 2.05) is 35.9 Å². The number of carbonyl (C=O) groups excluding carboxylic acids is 1. The number of nitrogens with two attached hydrogens (primary N) is 1. The van der Waals surface area contributed by atoms with Crippen molar-refractivity contribution < 1.29 is 4.79 Å². The summed E-state index contributed by atoms with van der Waals surface area (Å²) in [5.74, 6) is 0.571. The van der Waals surface area contributed by atoms with Gasteiger partial charge >= 0.3 is 0 Å². The standard InChI is InChI=1S/C12H15N5O/c1-8(13)12(18)15-10-5-3-9(4-6-10)11-16-14-7-17(11)2/h3-8H,13H2,1-2H3,(H,15,18)/t8-/m0/s1. The average Bonchev–Trinajstić information content (AvgIpc) is 2.76. The number of carbonyl (C=O) groups is 1. The van der Waals surface area contributed by atoms with Crippen LogP contribution in [0, 0.1) is 0 Å². The molecule has 0 unspecified atom stereocenters. The van der Waals surface area contributed by atoms with E-state index in [0.717, 1.165) is 11.4 Å².